The number of carbonyl (C=O) groups is 5. The first-order valence-electron chi connectivity index (χ1n) is 20.8. The first kappa shape index (κ1) is 49.7. The van der Waals surface area contributed by atoms with E-state index >= 15 is 0 Å². The molecule has 5 amide bonds. The number of likely N-dealkylation sites (N-methyl/N-ethyl adjacent to an activating group) is 2. The molecule has 10 atom stereocenters. The molecule has 2 fully saturated rings. The third-order valence-electron chi connectivity index (χ3n) is 11.7. The second-order valence-corrected chi connectivity index (χ2v) is 18.8. The molecule has 334 valence electrons. The molecule has 1 saturated heterocycles. The van der Waals surface area contributed by atoms with Gasteiger partial charge in [0.2, 0.25) is 33.7 Å². The molecule has 5 N–H and O–H groups in total. The van der Waals surface area contributed by atoms with Crippen LogP contribution < -0.4 is 20.7 Å². The maximum atomic E-state index is 14.3. The van der Waals surface area contributed by atoms with Gasteiger partial charge in [-0.05, 0) is 56.2 Å². The Morgan fingerprint density at radius 2 is 1.59 bits per heavy atom. The van der Waals surface area contributed by atoms with Crippen molar-refractivity contribution in [1.82, 2.24) is 35.5 Å². The summed E-state index contributed by atoms with van der Waals surface area (Å²) in [7, 11) is 2.31. The Bertz CT molecular complexity index is 1680. The van der Waals surface area contributed by atoms with Crippen LogP contribution in [0.4, 0.5) is 0 Å². The van der Waals surface area contributed by atoms with E-state index in [9.17, 15) is 37.5 Å². The zero-order chi connectivity index (χ0) is 44.4. The molecule has 59 heavy (non-hydrogen) atoms. The van der Waals surface area contributed by atoms with Crippen LogP contribution in [0.25, 0.3) is 0 Å². The van der Waals surface area contributed by atoms with Gasteiger partial charge in [-0.3, -0.25) is 33.7 Å². The van der Waals surface area contributed by atoms with E-state index in [1.807, 2.05) is 41.5 Å². The van der Waals surface area contributed by atoms with Crippen molar-refractivity contribution in [2.75, 3.05) is 34.9 Å². The number of ether oxygens (including phenoxy) is 2. The topological polar surface area (TPSA) is 226 Å². The predicted octanol–water partition coefficient (Wildman–Crippen LogP) is 0.993. The maximum absolute atomic E-state index is 14.3. The quantitative estimate of drug-likeness (QED) is 0.104. The molecule has 2 aliphatic rings. The number of amides is 5. The lowest BCUT2D eigenvalue weighted by Crippen LogP contribution is -2.59. The summed E-state index contributed by atoms with van der Waals surface area (Å²) < 4.78 is 39.3. The number of pyridine rings is 1. The van der Waals surface area contributed by atoms with E-state index in [0.717, 1.165) is 0 Å². The van der Waals surface area contributed by atoms with Crippen molar-refractivity contribution in [3.8, 4) is 0 Å². The van der Waals surface area contributed by atoms with Crippen molar-refractivity contribution in [3.63, 3.8) is 0 Å². The molecule has 1 saturated carbocycles. The molecule has 1 aromatic heterocycles. The Kier molecular flexibility index (Phi) is 18.7. The molecule has 3 rings (SSSR count). The zero-order valence-electron chi connectivity index (χ0n) is 36.6. The van der Waals surface area contributed by atoms with Gasteiger partial charge in [-0.15, -0.1) is 0 Å². The number of hydrogen-bond acceptors (Lipinski definition) is 12. The fraction of sp³-hybridized carbons (Fsp3) is 0.756. The minimum Gasteiger partial charge on any atom is -0.391 e. The molecule has 0 bridgehead atoms. The minimum atomic E-state index is -3.91. The molecule has 1 aliphatic heterocycles. The van der Waals surface area contributed by atoms with Crippen LogP contribution in [-0.2, 0) is 49.9 Å². The number of nitrogens with zero attached hydrogens (tertiary/aromatic N) is 3. The van der Waals surface area contributed by atoms with Gasteiger partial charge in [0.25, 0.3) is 5.91 Å². The van der Waals surface area contributed by atoms with E-state index in [0.29, 0.717) is 25.0 Å². The average molecular weight is 852 g/mol. The number of nitrogens with one attached hydrogen (secondary N) is 4. The van der Waals surface area contributed by atoms with Gasteiger partial charge in [0.05, 0.1) is 54.0 Å². The highest BCUT2D eigenvalue weighted by Gasteiger charge is 2.46. The highest BCUT2D eigenvalue weighted by atomic mass is 32.2. The van der Waals surface area contributed by atoms with Gasteiger partial charge >= 0.3 is 0 Å². The fourth-order valence-electron chi connectivity index (χ4n) is 7.96. The number of rotatable bonds is 23. The van der Waals surface area contributed by atoms with Crippen molar-refractivity contribution in [3.05, 3.63) is 30.1 Å². The SMILES string of the molecule is CC[C@H](C)[C@@H]([C@@H](CC(=O)N1C[C@H](O)C[C@H]1[C@H](OC)[C@@H](C)C(=O)N[C@@H](Cc1ccccn1)C(=O)NS(=O)(=O)C1CC1)OC)N(C)C(=O)[C@@H](NC(=O)[C@@H](NC)C(C)C)C(C)C. The number of sulfonamides is 1. The lowest BCUT2D eigenvalue weighted by atomic mass is 9.89. The second-order valence-electron chi connectivity index (χ2n) is 16.8. The minimum absolute atomic E-state index is 0.0150. The molecule has 0 aromatic carbocycles. The molecule has 1 aliphatic carbocycles. The smallest absolute Gasteiger partial charge is 0.256 e. The van der Waals surface area contributed by atoms with Crippen LogP contribution in [0.3, 0.4) is 0 Å². The Labute approximate surface area is 350 Å². The van der Waals surface area contributed by atoms with E-state index in [-0.39, 0.29) is 61.3 Å². The standard InChI is InChI=1S/C41H69N7O10S/c1-12-25(6)36(47(9)41(54)35(24(4)5)45-40(53)34(42-8)23(2)3)32(57-10)21-33(50)48-22-28(49)20-31(48)37(58-11)26(7)38(51)44-30(19-27-15-13-14-18-43-27)39(52)46-59(55,56)29-16-17-29/h13-15,18,23-26,28-32,34-37,42,49H,12,16-17,19-22H2,1-11H3,(H,44,51)(H,45,53)(H,46,52)/t25-,26+,28+,30-,31-,32+,34-,35-,36-,37+/m0/s1. The maximum Gasteiger partial charge on any atom is 0.256 e. The summed E-state index contributed by atoms with van der Waals surface area (Å²) in [6.07, 6.45) is 0.271. The van der Waals surface area contributed by atoms with Crippen molar-refractivity contribution in [1.29, 1.82) is 0 Å². The first-order valence-corrected chi connectivity index (χ1v) is 22.3. The molecule has 17 nitrogen and oxygen atoms in total. The largest absolute Gasteiger partial charge is 0.391 e. The van der Waals surface area contributed by atoms with Crippen LogP contribution in [0.1, 0.15) is 86.3 Å². The van der Waals surface area contributed by atoms with Crippen LogP contribution in [-0.4, -0.2) is 146 Å². The number of likely N-dealkylation sites (tertiary alicyclic amines) is 1. The van der Waals surface area contributed by atoms with Gasteiger partial charge in [-0.1, -0.05) is 61.0 Å². The lowest BCUT2D eigenvalue weighted by Gasteiger charge is -2.41. The van der Waals surface area contributed by atoms with E-state index < -0.39 is 81.5 Å². The number of methoxy groups -OCH3 is 2. The third-order valence-corrected chi connectivity index (χ3v) is 13.6. The second kappa shape index (κ2) is 22.2. The van der Waals surface area contributed by atoms with Crippen molar-refractivity contribution < 1.29 is 47.0 Å². The molecule has 18 heteroatoms. The van der Waals surface area contributed by atoms with Crippen molar-refractivity contribution >= 4 is 39.6 Å². The van der Waals surface area contributed by atoms with Crippen LogP contribution in [0, 0.1) is 23.7 Å². The number of aromatic nitrogens is 1. The normalized spacial score (nSPS) is 21.2. The Morgan fingerprint density at radius 1 is 0.949 bits per heavy atom. The molecule has 0 unspecified atom stereocenters. The average Bonchev–Trinajstić information content (AvgIpc) is 3.99. The van der Waals surface area contributed by atoms with Crippen LogP contribution in [0.5, 0.6) is 0 Å². The van der Waals surface area contributed by atoms with Crippen LogP contribution in [0.2, 0.25) is 0 Å². The lowest BCUT2D eigenvalue weighted by molar-refractivity contribution is -0.148. The predicted molar refractivity (Wildman–Crippen MR) is 222 cm³/mol. The molecule has 2 heterocycles. The van der Waals surface area contributed by atoms with Gasteiger partial charge in [0.15, 0.2) is 0 Å². The number of carbonyl (C=O) groups excluding carboxylic acids is 5. The van der Waals surface area contributed by atoms with Crippen molar-refractivity contribution in [2.45, 2.75) is 141 Å². The summed E-state index contributed by atoms with van der Waals surface area (Å²) in [5.41, 5.74) is 0.456. The summed E-state index contributed by atoms with van der Waals surface area (Å²) in [4.78, 5) is 76.3. The van der Waals surface area contributed by atoms with E-state index in [1.165, 1.54) is 25.3 Å². The fourth-order valence-corrected chi connectivity index (χ4v) is 9.31. The number of β-amino-alcohol motifs (C(OH)–C–C–N with tert-alkyl or cyclic N) is 1. The van der Waals surface area contributed by atoms with E-state index in [4.69, 9.17) is 9.47 Å². The highest BCUT2D eigenvalue weighted by molar-refractivity contribution is 7.90. The molecular formula is C41H69N7O10S. The monoisotopic (exact) mass is 851 g/mol. The van der Waals surface area contributed by atoms with Crippen molar-refractivity contribution in [2.24, 2.45) is 23.7 Å². The molecule has 0 radical (unpaired) electrons. The van der Waals surface area contributed by atoms with Crippen LogP contribution in [0.15, 0.2) is 24.4 Å². The summed E-state index contributed by atoms with van der Waals surface area (Å²) in [5.74, 6) is -3.87. The summed E-state index contributed by atoms with van der Waals surface area (Å²) in [6.45, 7) is 13.0. The Hall–Kier alpha value is -3.71. The van der Waals surface area contributed by atoms with E-state index in [2.05, 4.69) is 25.7 Å². The number of aliphatic hydroxyl groups is 1. The number of aliphatic hydroxyl groups excluding tert-OH is 1. The van der Waals surface area contributed by atoms with Gasteiger partial charge in [-0.2, -0.15) is 0 Å². The summed E-state index contributed by atoms with van der Waals surface area (Å²) >= 11 is 0. The molecule has 0 spiro atoms. The van der Waals surface area contributed by atoms with Gasteiger partial charge in [0.1, 0.15) is 12.1 Å². The van der Waals surface area contributed by atoms with Gasteiger partial charge in [0, 0.05) is 46.1 Å². The third kappa shape index (κ3) is 13.1. The van der Waals surface area contributed by atoms with E-state index in [1.54, 1.807) is 44.1 Å². The highest BCUT2D eigenvalue weighted by Crippen LogP contribution is 2.30. The summed E-state index contributed by atoms with van der Waals surface area (Å²) in [6, 6.07) is 1.10. The van der Waals surface area contributed by atoms with Gasteiger partial charge in [-0.25, -0.2) is 8.42 Å². The Balaban J connectivity index is 1.83. The number of hydrogen-bond donors (Lipinski definition) is 5. The van der Waals surface area contributed by atoms with Crippen LogP contribution >= 0.6 is 0 Å². The summed E-state index contributed by atoms with van der Waals surface area (Å²) in [5, 5.41) is 18.9. The molecule has 1 aromatic rings. The first-order chi connectivity index (χ1) is 27.7. The zero-order valence-corrected chi connectivity index (χ0v) is 37.5. The Morgan fingerprint density at radius 3 is 2.10 bits per heavy atom. The van der Waals surface area contributed by atoms with Gasteiger partial charge < -0.3 is 40.3 Å². The molecular weight excluding hydrogens is 783 g/mol.